The van der Waals surface area contributed by atoms with E-state index in [-0.39, 0.29) is 17.8 Å². The maximum atomic E-state index is 13.9. The lowest BCUT2D eigenvalue weighted by molar-refractivity contribution is -0.119. The van der Waals surface area contributed by atoms with Crippen LogP contribution in [-0.2, 0) is 18.4 Å². The van der Waals surface area contributed by atoms with E-state index in [4.69, 9.17) is 5.73 Å². The van der Waals surface area contributed by atoms with Crippen molar-refractivity contribution in [3.8, 4) is 0 Å². The van der Waals surface area contributed by atoms with Crippen molar-refractivity contribution in [1.82, 2.24) is 9.78 Å². The lowest BCUT2D eigenvalue weighted by Crippen LogP contribution is -2.31. The summed E-state index contributed by atoms with van der Waals surface area (Å²) < 4.78 is 29.0. The molecule has 0 saturated heterocycles. The molecule has 0 aliphatic carbocycles. The Labute approximate surface area is 120 Å². The van der Waals surface area contributed by atoms with Gasteiger partial charge in [-0.15, -0.1) is 0 Å². The summed E-state index contributed by atoms with van der Waals surface area (Å²) in [5, 5.41) is 4.09. The monoisotopic (exact) mass is 292 g/mol. The Hall–Kier alpha value is -2.28. The van der Waals surface area contributed by atoms with Gasteiger partial charge in [0, 0.05) is 29.9 Å². The van der Waals surface area contributed by atoms with Crippen molar-refractivity contribution in [3.05, 3.63) is 46.8 Å². The van der Waals surface area contributed by atoms with Crippen LogP contribution in [0.2, 0.25) is 0 Å². The molecule has 7 heteroatoms. The Balaban J connectivity index is 2.05. The highest BCUT2D eigenvalue weighted by Crippen LogP contribution is 2.38. The summed E-state index contributed by atoms with van der Waals surface area (Å²) in [6.07, 6.45) is 1.63. The summed E-state index contributed by atoms with van der Waals surface area (Å²) >= 11 is 0. The molecule has 5 nitrogen and oxygen atoms in total. The summed E-state index contributed by atoms with van der Waals surface area (Å²) in [6.45, 7) is 2.04. The molecule has 110 valence electrons. The Morgan fingerprint density at radius 1 is 1.38 bits per heavy atom. The van der Waals surface area contributed by atoms with Crippen LogP contribution >= 0.6 is 0 Å². The van der Waals surface area contributed by atoms with E-state index in [1.807, 2.05) is 6.92 Å². The molecular formula is C14H14F2N4O. The SMILES string of the molecule is Cc1c(CN2C(=O)C(N)c3c(F)cc(F)cc32)cnn1C. The first-order chi connectivity index (χ1) is 9.90. The number of nitrogens with two attached hydrogens (primary N) is 1. The number of nitrogens with zero attached hydrogens (tertiary/aromatic N) is 3. The number of anilines is 1. The van der Waals surface area contributed by atoms with Crippen LogP contribution in [0.5, 0.6) is 0 Å². The van der Waals surface area contributed by atoms with Crippen molar-refractivity contribution in [1.29, 1.82) is 0 Å². The van der Waals surface area contributed by atoms with Crippen molar-refractivity contribution in [2.75, 3.05) is 4.90 Å². The predicted molar refractivity (Wildman–Crippen MR) is 72.4 cm³/mol. The van der Waals surface area contributed by atoms with Crippen LogP contribution in [-0.4, -0.2) is 15.7 Å². The first-order valence-electron chi connectivity index (χ1n) is 6.43. The van der Waals surface area contributed by atoms with Crippen molar-refractivity contribution < 1.29 is 13.6 Å². The number of carbonyl (C=O) groups excluding carboxylic acids is 1. The molecule has 2 N–H and O–H groups in total. The van der Waals surface area contributed by atoms with Crippen LogP contribution in [0.3, 0.4) is 0 Å². The summed E-state index contributed by atoms with van der Waals surface area (Å²) in [6, 6.07) is 0.775. The average molecular weight is 292 g/mol. The molecule has 1 aliphatic heterocycles. The highest BCUT2D eigenvalue weighted by atomic mass is 19.1. The molecule has 1 aromatic carbocycles. The largest absolute Gasteiger partial charge is 0.316 e. The zero-order valence-electron chi connectivity index (χ0n) is 11.6. The van der Waals surface area contributed by atoms with Gasteiger partial charge >= 0.3 is 0 Å². The fourth-order valence-corrected chi connectivity index (χ4v) is 2.55. The first-order valence-corrected chi connectivity index (χ1v) is 6.43. The van der Waals surface area contributed by atoms with E-state index in [1.165, 1.54) is 4.90 Å². The molecule has 0 spiro atoms. The zero-order chi connectivity index (χ0) is 15.3. The quantitative estimate of drug-likeness (QED) is 0.913. The molecule has 1 atom stereocenters. The zero-order valence-corrected chi connectivity index (χ0v) is 11.6. The second-order valence-corrected chi connectivity index (χ2v) is 5.10. The predicted octanol–water partition coefficient (Wildman–Crippen LogP) is 1.55. The minimum Gasteiger partial charge on any atom is -0.316 e. The van der Waals surface area contributed by atoms with Crippen LogP contribution in [0.15, 0.2) is 18.3 Å². The number of aromatic nitrogens is 2. The molecule has 1 aromatic heterocycles. The molecule has 0 saturated carbocycles. The number of hydrogen-bond donors (Lipinski definition) is 1. The van der Waals surface area contributed by atoms with Gasteiger partial charge in [-0.05, 0) is 13.0 Å². The van der Waals surface area contributed by atoms with E-state index in [0.29, 0.717) is 0 Å². The number of benzene rings is 1. The molecule has 2 aromatic rings. The number of rotatable bonds is 2. The number of fused-ring (bicyclic) bond motifs is 1. The highest BCUT2D eigenvalue weighted by Gasteiger charge is 2.38. The number of hydrogen-bond acceptors (Lipinski definition) is 3. The van der Waals surface area contributed by atoms with E-state index < -0.39 is 23.6 Å². The molecule has 3 rings (SSSR count). The third-order valence-electron chi connectivity index (χ3n) is 3.87. The Morgan fingerprint density at radius 3 is 2.71 bits per heavy atom. The second kappa shape index (κ2) is 4.63. The highest BCUT2D eigenvalue weighted by molar-refractivity contribution is 6.04. The lowest BCUT2D eigenvalue weighted by atomic mass is 10.1. The van der Waals surface area contributed by atoms with Crippen molar-refractivity contribution in [3.63, 3.8) is 0 Å². The van der Waals surface area contributed by atoms with Gasteiger partial charge in [-0.25, -0.2) is 8.78 Å². The molecule has 1 unspecified atom stereocenters. The van der Waals surface area contributed by atoms with E-state index >= 15 is 0 Å². The molecule has 21 heavy (non-hydrogen) atoms. The Morgan fingerprint density at radius 2 is 2.10 bits per heavy atom. The lowest BCUT2D eigenvalue weighted by Gasteiger charge is -2.17. The number of amides is 1. The van der Waals surface area contributed by atoms with Crippen molar-refractivity contribution >= 4 is 11.6 Å². The maximum absolute atomic E-state index is 13.9. The standard InChI is InChI=1S/C14H14F2N4O/c1-7-8(5-18-19(7)2)6-20-11-4-9(15)3-10(16)12(11)13(17)14(20)21/h3-5,13H,6,17H2,1-2H3. The maximum Gasteiger partial charge on any atom is 0.249 e. The normalized spacial score (nSPS) is 17.5. The third-order valence-corrected chi connectivity index (χ3v) is 3.87. The van der Waals surface area contributed by atoms with E-state index in [9.17, 15) is 13.6 Å². The molecule has 0 bridgehead atoms. The van der Waals surface area contributed by atoms with Gasteiger partial charge in [-0.3, -0.25) is 9.48 Å². The van der Waals surface area contributed by atoms with Crippen molar-refractivity contribution in [2.24, 2.45) is 12.8 Å². The molecule has 0 fully saturated rings. The minimum atomic E-state index is -1.10. The molecule has 1 amide bonds. The van der Waals surface area contributed by atoms with Gasteiger partial charge in [0.05, 0.1) is 18.4 Å². The average Bonchev–Trinajstić information content (AvgIpc) is 2.85. The number of halogens is 2. The second-order valence-electron chi connectivity index (χ2n) is 5.10. The number of carbonyl (C=O) groups is 1. The molecular weight excluding hydrogens is 278 g/mol. The third kappa shape index (κ3) is 2.01. The smallest absolute Gasteiger partial charge is 0.249 e. The van der Waals surface area contributed by atoms with Crippen LogP contribution in [0.25, 0.3) is 0 Å². The number of aryl methyl sites for hydroxylation is 1. The van der Waals surface area contributed by atoms with Crippen LogP contribution in [0.1, 0.15) is 22.9 Å². The van der Waals surface area contributed by atoms with E-state index in [2.05, 4.69) is 5.10 Å². The Bertz CT molecular complexity index is 741. The summed E-state index contributed by atoms with van der Waals surface area (Å²) in [7, 11) is 1.78. The fourth-order valence-electron chi connectivity index (χ4n) is 2.55. The van der Waals surface area contributed by atoms with Crippen LogP contribution in [0, 0.1) is 18.6 Å². The molecule has 2 heterocycles. The summed E-state index contributed by atoms with van der Waals surface area (Å²) in [5.41, 5.74) is 7.66. The van der Waals surface area contributed by atoms with Gasteiger partial charge in [0.1, 0.15) is 17.7 Å². The minimum absolute atomic E-state index is 0.0444. The van der Waals surface area contributed by atoms with Gasteiger partial charge < -0.3 is 10.6 Å². The van der Waals surface area contributed by atoms with Crippen LogP contribution < -0.4 is 10.6 Å². The molecule has 0 radical (unpaired) electrons. The van der Waals surface area contributed by atoms with Crippen molar-refractivity contribution in [2.45, 2.75) is 19.5 Å². The fraction of sp³-hybridized carbons (Fsp3) is 0.286. The first kappa shape index (κ1) is 13.7. The summed E-state index contributed by atoms with van der Waals surface area (Å²) in [4.78, 5) is 13.5. The summed E-state index contributed by atoms with van der Waals surface area (Å²) in [5.74, 6) is -1.98. The van der Waals surface area contributed by atoms with Gasteiger partial charge in [-0.1, -0.05) is 0 Å². The Kier molecular flexibility index (Phi) is 3.02. The molecule has 1 aliphatic rings. The van der Waals surface area contributed by atoms with Gasteiger partial charge in [0.2, 0.25) is 5.91 Å². The van der Waals surface area contributed by atoms with Gasteiger partial charge in [0.25, 0.3) is 0 Å². The van der Waals surface area contributed by atoms with Gasteiger partial charge in [0.15, 0.2) is 0 Å². The van der Waals surface area contributed by atoms with Crippen LogP contribution in [0.4, 0.5) is 14.5 Å². The topological polar surface area (TPSA) is 64.2 Å². The van der Waals surface area contributed by atoms with E-state index in [1.54, 1.807) is 17.9 Å². The van der Waals surface area contributed by atoms with E-state index in [0.717, 1.165) is 23.4 Å². The van der Waals surface area contributed by atoms with Gasteiger partial charge in [-0.2, -0.15) is 5.10 Å².